The number of aromatic nitrogens is 1. The maximum Gasteiger partial charge on any atom is 0.255 e. The number of nitrogens with one attached hydrogen (secondary N) is 1. The van der Waals surface area contributed by atoms with Gasteiger partial charge < -0.3 is 10.2 Å². The van der Waals surface area contributed by atoms with E-state index in [-0.39, 0.29) is 18.4 Å². The third-order valence-corrected chi connectivity index (χ3v) is 6.72. The number of halogens is 1. The number of nitriles is 1. The van der Waals surface area contributed by atoms with Gasteiger partial charge in [0, 0.05) is 37.8 Å². The van der Waals surface area contributed by atoms with Crippen LogP contribution < -0.4 is 5.32 Å². The second-order valence-electron chi connectivity index (χ2n) is 7.96. The van der Waals surface area contributed by atoms with E-state index in [4.69, 9.17) is 11.6 Å². The molecule has 1 aromatic carbocycles. The first-order valence-electron chi connectivity index (χ1n) is 10.5. The molecule has 2 heterocycles. The van der Waals surface area contributed by atoms with Gasteiger partial charge in [0.05, 0.1) is 28.4 Å². The number of pyridine rings is 1. The quantitative estimate of drug-likeness (QED) is 0.650. The summed E-state index contributed by atoms with van der Waals surface area (Å²) in [6.07, 6.45) is 4.03. The molecular formula is C23H24ClN5O2S. The lowest BCUT2D eigenvalue weighted by Crippen LogP contribution is -2.50. The van der Waals surface area contributed by atoms with Gasteiger partial charge in [-0.3, -0.25) is 14.5 Å². The molecule has 1 saturated heterocycles. The zero-order chi connectivity index (χ0) is 22.7. The summed E-state index contributed by atoms with van der Waals surface area (Å²) in [6.45, 7) is 2.39. The number of hydrogen-bond donors (Lipinski definition) is 1. The van der Waals surface area contributed by atoms with E-state index in [9.17, 15) is 14.9 Å². The van der Waals surface area contributed by atoms with Gasteiger partial charge in [-0.15, -0.1) is 11.8 Å². The maximum atomic E-state index is 13.3. The standard InChI is InChI=1S/C23H24ClN5O2S/c1-32-22-17(13-25)16(12-20(27-22)15-6-7-15)23(31)29-10-8-28(9-11-29)14-21(30)26-19-5-3-2-4-18(19)24/h2-5,12,15H,6-11,14H2,1H3,(H,26,30). The van der Waals surface area contributed by atoms with Crippen molar-refractivity contribution in [1.29, 1.82) is 5.26 Å². The van der Waals surface area contributed by atoms with Crippen molar-refractivity contribution >= 4 is 40.9 Å². The number of benzene rings is 1. The minimum absolute atomic E-state index is 0.138. The van der Waals surface area contributed by atoms with Crippen molar-refractivity contribution in [3.63, 3.8) is 0 Å². The Labute approximate surface area is 196 Å². The summed E-state index contributed by atoms with van der Waals surface area (Å²) in [5.74, 6) is 0.118. The zero-order valence-electron chi connectivity index (χ0n) is 17.8. The third kappa shape index (κ3) is 5.07. The van der Waals surface area contributed by atoms with E-state index in [0.29, 0.717) is 59.0 Å². The summed E-state index contributed by atoms with van der Waals surface area (Å²) >= 11 is 7.50. The normalized spacial score (nSPS) is 16.5. The van der Waals surface area contributed by atoms with Crippen LogP contribution in [0.3, 0.4) is 0 Å². The topological polar surface area (TPSA) is 89.3 Å². The van der Waals surface area contributed by atoms with Gasteiger partial charge in [0.2, 0.25) is 5.91 Å². The van der Waals surface area contributed by atoms with E-state index in [1.54, 1.807) is 17.0 Å². The van der Waals surface area contributed by atoms with Gasteiger partial charge in [0.25, 0.3) is 5.91 Å². The Hall–Kier alpha value is -2.60. The molecule has 166 valence electrons. The molecular weight excluding hydrogens is 446 g/mol. The molecule has 0 atom stereocenters. The fraction of sp³-hybridized carbons (Fsp3) is 0.391. The number of carbonyl (C=O) groups is 2. The van der Waals surface area contributed by atoms with E-state index in [2.05, 4.69) is 16.4 Å². The number of hydrogen-bond acceptors (Lipinski definition) is 6. The third-order valence-electron chi connectivity index (χ3n) is 5.71. The SMILES string of the molecule is CSc1nc(C2CC2)cc(C(=O)N2CCN(CC(=O)Nc3ccccc3Cl)CC2)c1C#N. The first kappa shape index (κ1) is 22.6. The number of rotatable bonds is 6. The average Bonchev–Trinajstić information content (AvgIpc) is 3.65. The molecule has 2 aromatic rings. The highest BCUT2D eigenvalue weighted by Crippen LogP contribution is 2.40. The number of nitrogens with zero attached hydrogens (tertiary/aromatic N) is 4. The Morgan fingerprint density at radius 2 is 1.97 bits per heavy atom. The van der Waals surface area contributed by atoms with Crippen molar-refractivity contribution in [1.82, 2.24) is 14.8 Å². The highest BCUT2D eigenvalue weighted by Gasteiger charge is 2.31. The predicted molar refractivity (Wildman–Crippen MR) is 125 cm³/mol. The highest BCUT2D eigenvalue weighted by molar-refractivity contribution is 7.98. The monoisotopic (exact) mass is 469 g/mol. The molecule has 0 spiro atoms. The molecule has 4 rings (SSSR count). The van der Waals surface area contributed by atoms with E-state index in [1.165, 1.54) is 11.8 Å². The van der Waals surface area contributed by atoms with Gasteiger partial charge in [-0.1, -0.05) is 23.7 Å². The Kier molecular flexibility index (Phi) is 6.99. The molecule has 32 heavy (non-hydrogen) atoms. The molecule has 0 radical (unpaired) electrons. The Balaban J connectivity index is 1.39. The van der Waals surface area contributed by atoms with Crippen LogP contribution in [0, 0.1) is 11.3 Å². The van der Waals surface area contributed by atoms with Crippen LogP contribution in [0.4, 0.5) is 5.69 Å². The van der Waals surface area contributed by atoms with Gasteiger partial charge in [-0.05, 0) is 37.3 Å². The Morgan fingerprint density at radius 3 is 2.59 bits per heavy atom. The summed E-state index contributed by atoms with van der Waals surface area (Å²) in [6, 6.07) is 11.1. The van der Waals surface area contributed by atoms with Crippen LogP contribution in [0.25, 0.3) is 0 Å². The summed E-state index contributed by atoms with van der Waals surface area (Å²) in [7, 11) is 0. The summed E-state index contributed by atoms with van der Waals surface area (Å²) in [5, 5.41) is 13.6. The fourth-order valence-corrected chi connectivity index (χ4v) is 4.53. The van der Waals surface area contributed by atoms with E-state index >= 15 is 0 Å². The number of thioether (sulfide) groups is 1. The molecule has 7 nitrogen and oxygen atoms in total. The lowest BCUT2D eigenvalue weighted by Gasteiger charge is -2.34. The van der Waals surface area contributed by atoms with Crippen molar-refractivity contribution in [2.75, 3.05) is 44.3 Å². The molecule has 2 amide bonds. The minimum atomic E-state index is -0.141. The van der Waals surface area contributed by atoms with Gasteiger partial charge in [0.1, 0.15) is 11.1 Å². The summed E-state index contributed by atoms with van der Waals surface area (Å²) < 4.78 is 0. The number of carbonyl (C=O) groups excluding carboxylic acids is 2. The van der Waals surface area contributed by atoms with E-state index in [0.717, 1.165) is 18.5 Å². The Bertz CT molecular complexity index is 1070. The van der Waals surface area contributed by atoms with Gasteiger partial charge in [0.15, 0.2) is 0 Å². The number of amides is 2. The second-order valence-corrected chi connectivity index (χ2v) is 9.16. The van der Waals surface area contributed by atoms with Crippen molar-refractivity contribution < 1.29 is 9.59 Å². The molecule has 0 bridgehead atoms. The van der Waals surface area contributed by atoms with Crippen LogP contribution in [0.5, 0.6) is 0 Å². The molecule has 1 aliphatic heterocycles. The molecule has 2 aliphatic rings. The largest absolute Gasteiger partial charge is 0.336 e. The lowest BCUT2D eigenvalue weighted by atomic mass is 10.1. The van der Waals surface area contributed by atoms with Crippen LogP contribution in [0.15, 0.2) is 35.4 Å². The van der Waals surface area contributed by atoms with Gasteiger partial charge in [-0.2, -0.15) is 5.26 Å². The first-order valence-corrected chi connectivity index (χ1v) is 12.2. The predicted octanol–water partition coefficient (Wildman–Crippen LogP) is 3.60. The van der Waals surface area contributed by atoms with Crippen LogP contribution in [0.1, 0.15) is 40.4 Å². The number of anilines is 1. The van der Waals surface area contributed by atoms with E-state index < -0.39 is 0 Å². The van der Waals surface area contributed by atoms with Crippen LogP contribution in [-0.2, 0) is 4.79 Å². The van der Waals surface area contributed by atoms with Crippen molar-refractivity contribution in [2.24, 2.45) is 0 Å². The lowest BCUT2D eigenvalue weighted by molar-refractivity contribution is -0.117. The molecule has 1 aromatic heterocycles. The van der Waals surface area contributed by atoms with Gasteiger partial charge in [-0.25, -0.2) is 4.98 Å². The molecule has 1 aliphatic carbocycles. The second kappa shape index (κ2) is 9.90. The average molecular weight is 470 g/mol. The van der Waals surface area contributed by atoms with Crippen molar-refractivity contribution in [2.45, 2.75) is 23.8 Å². The number of piperazine rings is 1. The zero-order valence-corrected chi connectivity index (χ0v) is 19.4. The molecule has 0 unspecified atom stereocenters. The first-order chi connectivity index (χ1) is 15.5. The highest BCUT2D eigenvalue weighted by atomic mass is 35.5. The minimum Gasteiger partial charge on any atom is -0.336 e. The van der Waals surface area contributed by atoms with Crippen LogP contribution in [0.2, 0.25) is 5.02 Å². The molecule has 1 N–H and O–H groups in total. The summed E-state index contributed by atoms with van der Waals surface area (Å²) in [5.41, 5.74) is 2.30. The van der Waals surface area contributed by atoms with Crippen molar-refractivity contribution in [3.8, 4) is 6.07 Å². The Morgan fingerprint density at radius 1 is 1.25 bits per heavy atom. The maximum absolute atomic E-state index is 13.3. The fourth-order valence-electron chi connectivity index (χ4n) is 3.79. The van der Waals surface area contributed by atoms with Crippen LogP contribution in [-0.4, -0.2) is 65.6 Å². The molecule has 2 fully saturated rings. The summed E-state index contributed by atoms with van der Waals surface area (Å²) in [4.78, 5) is 34.0. The molecule has 1 saturated carbocycles. The van der Waals surface area contributed by atoms with Crippen molar-refractivity contribution in [3.05, 3.63) is 52.2 Å². The van der Waals surface area contributed by atoms with E-state index in [1.807, 2.05) is 29.4 Å². The van der Waals surface area contributed by atoms with Gasteiger partial charge >= 0.3 is 0 Å². The van der Waals surface area contributed by atoms with Crippen LogP contribution >= 0.6 is 23.4 Å². The smallest absolute Gasteiger partial charge is 0.255 e. The number of para-hydroxylation sites is 1. The molecule has 9 heteroatoms.